The maximum absolute atomic E-state index is 12.9. The number of hydrogen-bond donors (Lipinski definition) is 0. The summed E-state index contributed by atoms with van der Waals surface area (Å²) in [6.07, 6.45) is -3.44. The van der Waals surface area contributed by atoms with Crippen molar-refractivity contribution in [2.45, 2.75) is 12.7 Å². The third-order valence-corrected chi connectivity index (χ3v) is 2.87. The van der Waals surface area contributed by atoms with Gasteiger partial charge in [0.05, 0.1) is 17.2 Å². The first-order chi connectivity index (χ1) is 8.38. The molecule has 18 heavy (non-hydrogen) atoms. The Bertz CT molecular complexity index is 562. The number of hydrogen-bond acceptors (Lipinski definition) is 1. The first-order valence-corrected chi connectivity index (χ1v) is 5.70. The molecular weight excluding hydrogens is 316 g/mol. The van der Waals surface area contributed by atoms with Crippen molar-refractivity contribution in [3.05, 3.63) is 52.0 Å². The molecule has 7 heteroatoms. The zero-order valence-corrected chi connectivity index (χ0v) is 10.5. The topological polar surface area (TPSA) is 17.8 Å². The molecule has 1 aromatic heterocycles. The van der Waals surface area contributed by atoms with Crippen LogP contribution in [0.25, 0.3) is 0 Å². The molecule has 0 aliphatic carbocycles. The zero-order chi connectivity index (χ0) is 13.3. The summed E-state index contributed by atoms with van der Waals surface area (Å²) < 4.78 is 51.9. The molecule has 0 atom stereocenters. The summed E-state index contributed by atoms with van der Waals surface area (Å²) in [6.45, 7) is -0.141. The second-order valence-corrected chi connectivity index (χ2v) is 4.48. The quantitative estimate of drug-likeness (QED) is 0.768. The third-order valence-electron chi connectivity index (χ3n) is 2.28. The summed E-state index contributed by atoms with van der Waals surface area (Å²) in [7, 11) is 0. The van der Waals surface area contributed by atoms with E-state index in [9.17, 15) is 17.6 Å². The van der Waals surface area contributed by atoms with Crippen LogP contribution in [0.2, 0.25) is 0 Å². The summed E-state index contributed by atoms with van der Waals surface area (Å²) >= 11 is 2.80. The molecule has 0 saturated heterocycles. The van der Waals surface area contributed by atoms with E-state index in [1.165, 1.54) is 18.2 Å². The van der Waals surface area contributed by atoms with Crippen LogP contribution >= 0.6 is 15.9 Å². The zero-order valence-electron chi connectivity index (χ0n) is 8.88. The van der Waals surface area contributed by atoms with E-state index in [0.717, 1.165) is 10.9 Å². The summed E-state index contributed by atoms with van der Waals surface area (Å²) in [5.74, 6) is -0.493. The van der Waals surface area contributed by atoms with Crippen LogP contribution in [0.1, 0.15) is 11.3 Å². The molecule has 0 aliphatic heterocycles. The Morgan fingerprint density at radius 3 is 2.61 bits per heavy atom. The van der Waals surface area contributed by atoms with Gasteiger partial charge in [-0.3, -0.25) is 4.68 Å². The highest BCUT2D eigenvalue weighted by atomic mass is 79.9. The van der Waals surface area contributed by atoms with Crippen molar-refractivity contribution in [2.75, 3.05) is 0 Å². The number of nitrogens with zero attached hydrogens (tertiary/aromatic N) is 2. The standard InChI is InChI=1S/C11H7BrF4N2/c12-9-5-17-18(10(9)11(14,15)16)6-7-2-1-3-8(13)4-7/h1-5H,6H2. The molecule has 0 saturated carbocycles. The summed E-state index contributed by atoms with van der Waals surface area (Å²) in [4.78, 5) is 0. The molecule has 1 aromatic carbocycles. The lowest BCUT2D eigenvalue weighted by molar-refractivity contribution is -0.144. The van der Waals surface area contributed by atoms with Gasteiger partial charge in [-0.25, -0.2) is 4.39 Å². The second-order valence-electron chi connectivity index (χ2n) is 3.63. The lowest BCUT2D eigenvalue weighted by Crippen LogP contribution is -2.16. The minimum atomic E-state index is -4.51. The van der Waals surface area contributed by atoms with Gasteiger partial charge in [-0.1, -0.05) is 12.1 Å². The number of aromatic nitrogens is 2. The largest absolute Gasteiger partial charge is 0.434 e. The van der Waals surface area contributed by atoms with Gasteiger partial charge in [0.15, 0.2) is 5.69 Å². The third kappa shape index (κ3) is 2.72. The normalized spacial score (nSPS) is 11.8. The van der Waals surface area contributed by atoms with Crippen molar-refractivity contribution in [1.82, 2.24) is 9.78 Å². The molecule has 0 unspecified atom stereocenters. The van der Waals surface area contributed by atoms with Crippen LogP contribution in [0.5, 0.6) is 0 Å². The lowest BCUT2D eigenvalue weighted by atomic mass is 10.2. The van der Waals surface area contributed by atoms with Gasteiger partial charge in [0.25, 0.3) is 0 Å². The Balaban J connectivity index is 2.36. The predicted molar refractivity (Wildman–Crippen MR) is 60.4 cm³/mol. The van der Waals surface area contributed by atoms with E-state index in [-0.39, 0.29) is 11.0 Å². The minimum absolute atomic E-state index is 0.133. The molecular formula is C11H7BrF4N2. The van der Waals surface area contributed by atoms with E-state index >= 15 is 0 Å². The van der Waals surface area contributed by atoms with Crippen LogP contribution in [-0.4, -0.2) is 9.78 Å². The Labute approximate surface area is 108 Å². The molecule has 0 spiro atoms. The first-order valence-electron chi connectivity index (χ1n) is 4.91. The monoisotopic (exact) mass is 322 g/mol. The summed E-state index contributed by atoms with van der Waals surface area (Å²) in [5.41, 5.74) is -0.470. The van der Waals surface area contributed by atoms with Crippen molar-refractivity contribution >= 4 is 15.9 Å². The fraction of sp³-hybridized carbons (Fsp3) is 0.182. The maximum atomic E-state index is 12.9. The van der Waals surface area contributed by atoms with Gasteiger partial charge >= 0.3 is 6.18 Å². The van der Waals surface area contributed by atoms with Gasteiger partial charge in [-0.05, 0) is 33.6 Å². The van der Waals surface area contributed by atoms with Crippen LogP contribution in [0.4, 0.5) is 17.6 Å². The SMILES string of the molecule is Fc1cccc(Cn2ncc(Br)c2C(F)(F)F)c1. The fourth-order valence-electron chi connectivity index (χ4n) is 1.57. The highest BCUT2D eigenvalue weighted by Gasteiger charge is 2.37. The first kappa shape index (κ1) is 13.1. The Morgan fingerprint density at radius 2 is 2.00 bits per heavy atom. The molecule has 0 radical (unpaired) electrons. The van der Waals surface area contributed by atoms with E-state index < -0.39 is 17.7 Å². The molecule has 2 aromatic rings. The van der Waals surface area contributed by atoms with Crippen LogP contribution < -0.4 is 0 Å². The van der Waals surface area contributed by atoms with Gasteiger partial charge in [0.1, 0.15) is 5.82 Å². The predicted octanol–water partition coefficient (Wildman–Crippen LogP) is 3.85. The number of halogens is 5. The van der Waals surface area contributed by atoms with Crippen LogP contribution in [0.15, 0.2) is 34.9 Å². The molecule has 96 valence electrons. The summed E-state index contributed by atoms with van der Waals surface area (Å²) in [5, 5.41) is 3.63. The van der Waals surface area contributed by atoms with Crippen LogP contribution in [-0.2, 0) is 12.7 Å². The van der Waals surface area contributed by atoms with E-state index in [0.29, 0.717) is 5.56 Å². The number of rotatable bonds is 2. The van der Waals surface area contributed by atoms with E-state index in [4.69, 9.17) is 0 Å². The van der Waals surface area contributed by atoms with Crippen molar-refractivity contribution < 1.29 is 17.6 Å². The number of benzene rings is 1. The van der Waals surface area contributed by atoms with Crippen molar-refractivity contribution in [3.8, 4) is 0 Å². The van der Waals surface area contributed by atoms with Crippen molar-refractivity contribution in [3.63, 3.8) is 0 Å². The van der Waals surface area contributed by atoms with Crippen LogP contribution in [0.3, 0.4) is 0 Å². The molecule has 0 amide bonds. The number of alkyl halides is 3. The van der Waals surface area contributed by atoms with Gasteiger partial charge in [0.2, 0.25) is 0 Å². The van der Waals surface area contributed by atoms with Gasteiger partial charge in [-0.2, -0.15) is 18.3 Å². The Kier molecular flexibility index (Phi) is 3.43. The minimum Gasteiger partial charge on any atom is -0.255 e. The highest BCUT2D eigenvalue weighted by molar-refractivity contribution is 9.10. The Morgan fingerprint density at radius 1 is 1.28 bits per heavy atom. The van der Waals surface area contributed by atoms with Crippen LogP contribution in [0, 0.1) is 5.82 Å². The Hall–Kier alpha value is -1.37. The fourth-order valence-corrected chi connectivity index (χ4v) is 2.09. The highest BCUT2D eigenvalue weighted by Crippen LogP contribution is 2.34. The maximum Gasteiger partial charge on any atom is 0.434 e. The van der Waals surface area contributed by atoms with E-state index in [1.54, 1.807) is 6.07 Å². The smallest absolute Gasteiger partial charge is 0.255 e. The average molecular weight is 323 g/mol. The molecule has 2 rings (SSSR count). The molecule has 1 heterocycles. The second kappa shape index (κ2) is 4.72. The molecule has 0 fully saturated rings. The van der Waals surface area contributed by atoms with Gasteiger partial charge < -0.3 is 0 Å². The van der Waals surface area contributed by atoms with Gasteiger partial charge in [0, 0.05) is 0 Å². The molecule has 0 N–H and O–H groups in total. The van der Waals surface area contributed by atoms with E-state index in [2.05, 4.69) is 21.0 Å². The van der Waals surface area contributed by atoms with Gasteiger partial charge in [-0.15, -0.1) is 0 Å². The average Bonchev–Trinajstić information content (AvgIpc) is 2.59. The van der Waals surface area contributed by atoms with Crippen molar-refractivity contribution in [2.24, 2.45) is 0 Å². The van der Waals surface area contributed by atoms with Crippen molar-refractivity contribution in [1.29, 1.82) is 0 Å². The molecule has 0 aliphatic rings. The molecule has 0 bridgehead atoms. The summed E-state index contributed by atoms with van der Waals surface area (Å²) in [6, 6.07) is 5.39. The lowest BCUT2D eigenvalue weighted by Gasteiger charge is -2.11. The molecule has 2 nitrogen and oxygen atoms in total. The van der Waals surface area contributed by atoms with E-state index in [1.807, 2.05) is 0 Å².